The Morgan fingerprint density at radius 1 is 0.848 bits per heavy atom. The fourth-order valence-electron chi connectivity index (χ4n) is 4.21. The maximum atomic E-state index is 5.33. The molecule has 0 N–H and O–H groups in total. The van der Waals surface area contributed by atoms with E-state index < -0.39 is 0 Å². The summed E-state index contributed by atoms with van der Waals surface area (Å²) in [5.74, 6) is 1.83. The molecule has 3 nitrogen and oxygen atoms in total. The molecule has 2 heterocycles. The molecule has 1 aliphatic heterocycles. The van der Waals surface area contributed by atoms with Crippen molar-refractivity contribution in [3.63, 3.8) is 0 Å². The van der Waals surface area contributed by atoms with E-state index >= 15 is 0 Å². The van der Waals surface area contributed by atoms with Crippen LogP contribution in [-0.2, 0) is 0 Å². The van der Waals surface area contributed by atoms with Crippen LogP contribution in [0.2, 0.25) is 0 Å². The number of thiazole rings is 1. The molecule has 0 radical (unpaired) electrons. The first-order valence-corrected chi connectivity index (χ1v) is 12.5. The van der Waals surface area contributed by atoms with Gasteiger partial charge in [-0.05, 0) is 25.7 Å². The zero-order chi connectivity index (χ0) is 22.6. The molecule has 0 unspecified atom stereocenters. The smallest absolute Gasteiger partial charge is 0.146 e. The fraction of sp³-hybridized carbons (Fsp3) is 0.241. The number of hydrogen-bond acceptors (Lipinski definition) is 3. The molecule has 33 heavy (non-hydrogen) atoms. The van der Waals surface area contributed by atoms with Gasteiger partial charge in [0.2, 0.25) is 0 Å². The first kappa shape index (κ1) is 21.6. The Labute approximate surface area is 200 Å². The Kier molecular flexibility index (Phi) is 6.36. The Morgan fingerprint density at radius 3 is 2.09 bits per heavy atom. The normalized spacial score (nSPS) is 15.1. The molecule has 166 valence electrons. The summed E-state index contributed by atoms with van der Waals surface area (Å²) in [6.07, 6.45) is 2.41. The van der Waals surface area contributed by atoms with Crippen molar-refractivity contribution in [2.24, 2.45) is 10.9 Å². The number of amidine groups is 1. The largest absolute Gasteiger partial charge is 0.356 e. The van der Waals surface area contributed by atoms with Crippen molar-refractivity contribution in [3.8, 4) is 21.8 Å². The van der Waals surface area contributed by atoms with E-state index in [-0.39, 0.29) is 0 Å². The van der Waals surface area contributed by atoms with Crippen LogP contribution in [0.15, 0.2) is 89.9 Å². The predicted octanol–water partition coefficient (Wildman–Crippen LogP) is 7.60. The van der Waals surface area contributed by atoms with Crippen molar-refractivity contribution in [1.29, 1.82) is 0 Å². The molecule has 0 aliphatic carbocycles. The van der Waals surface area contributed by atoms with Gasteiger partial charge in [0.05, 0.1) is 0 Å². The van der Waals surface area contributed by atoms with Gasteiger partial charge >= 0.3 is 0 Å². The first-order chi connectivity index (χ1) is 16.2. The number of aliphatic imine (C=N–C) groups is 1. The molecule has 0 bridgehead atoms. The van der Waals surface area contributed by atoms with Gasteiger partial charge in [0.25, 0.3) is 0 Å². The second-order valence-corrected chi connectivity index (χ2v) is 9.85. The van der Waals surface area contributed by atoms with E-state index in [0.717, 1.165) is 51.7 Å². The van der Waals surface area contributed by atoms with E-state index in [9.17, 15) is 0 Å². The third-order valence-electron chi connectivity index (χ3n) is 6.28. The standard InChI is InChI=1S/C29H29N3S/c1-21-13-15-24(16-14-21)27(32-19-17-22(2)18-20-32)31-29-26(23-9-5-3-6-10-23)30-28(33-29)25-11-7-4-8-12-25/h3-16,22H,17-20H2,1-2H3. The highest BCUT2D eigenvalue weighted by atomic mass is 32.1. The molecule has 0 spiro atoms. The highest BCUT2D eigenvalue weighted by Crippen LogP contribution is 2.40. The quantitative estimate of drug-likeness (QED) is 0.236. The number of piperidine rings is 1. The number of rotatable bonds is 4. The van der Waals surface area contributed by atoms with Gasteiger partial charge in [-0.25, -0.2) is 9.98 Å². The van der Waals surface area contributed by atoms with Gasteiger partial charge in [0.15, 0.2) is 0 Å². The Balaban J connectivity index is 1.64. The summed E-state index contributed by atoms with van der Waals surface area (Å²) >= 11 is 1.67. The highest BCUT2D eigenvalue weighted by Gasteiger charge is 2.22. The van der Waals surface area contributed by atoms with Crippen LogP contribution in [0.3, 0.4) is 0 Å². The van der Waals surface area contributed by atoms with E-state index in [4.69, 9.17) is 9.98 Å². The minimum atomic E-state index is 0.772. The summed E-state index contributed by atoms with van der Waals surface area (Å²) in [4.78, 5) is 12.8. The van der Waals surface area contributed by atoms with Crippen LogP contribution in [0.1, 0.15) is 30.9 Å². The molecule has 0 atom stereocenters. The molecular formula is C29H29N3S. The van der Waals surface area contributed by atoms with Crippen molar-refractivity contribution in [2.45, 2.75) is 26.7 Å². The lowest BCUT2D eigenvalue weighted by Crippen LogP contribution is -2.38. The Hall–Kier alpha value is -3.24. The molecular weight excluding hydrogens is 422 g/mol. The summed E-state index contributed by atoms with van der Waals surface area (Å²) < 4.78 is 0. The number of aromatic nitrogens is 1. The molecule has 1 aliphatic rings. The minimum Gasteiger partial charge on any atom is -0.356 e. The number of hydrogen-bond donors (Lipinski definition) is 0. The van der Waals surface area contributed by atoms with E-state index in [1.807, 2.05) is 12.1 Å². The number of likely N-dealkylation sites (tertiary alicyclic amines) is 1. The SMILES string of the molecule is Cc1ccc(C(=Nc2sc(-c3ccccc3)nc2-c2ccccc2)N2CCC(C)CC2)cc1. The number of aryl methyl sites for hydroxylation is 1. The Morgan fingerprint density at radius 2 is 1.45 bits per heavy atom. The van der Waals surface area contributed by atoms with Gasteiger partial charge in [-0.3, -0.25) is 0 Å². The highest BCUT2D eigenvalue weighted by molar-refractivity contribution is 7.19. The summed E-state index contributed by atoms with van der Waals surface area (Å²) in [6, 6.07) is 29.6. The zero-order valence-corrected chi connectivity index (χ0v) is 20.1. The summed E-state index contributed by atoms with van der Waals surface area (Å²) in [6.45, 7) is 6.56. The molecule has 1 fully saturated rings. The molecule has 4 aromatic rings. The fourth-order valence-corrected chi connectivity index (χ4v) is 5.18. The van der Waals surface area contributed by atoms with Gasteiger partial charge in [-0.15, -0.1) is 0 Å². The molecule has 1 aromatic heterocycles. The average molecular weight is 452 g/mol. The second kappa shape index (κ2) is 9.72. The predicted molar refractivity (Wildman–Crippen MR) is 140 cm³/mol. The Bertz CT molecular complexity index is 1220. The summed E-state index contributed by atoms with van der Waals surface area (Å²) in [5.41, 5.74) is 5.62. The molecule has 0 saturated carbocycles. The summed E-state index contributed by atoms with van der Waals surface area (Å²) in [5, 5.41) is 1.97. The van der Waals surface area contributed by atoms with Crippen LogP contribution < -0.4 is 0 Å². The molecule has 3 aromatic carbocycles. The molecule has 1 saturated heterocycles. The summed E-state index contributed by atoms with van der Waals surface area (Å²) in [7, 11) is 0. The van der Waals surface area contributed by atoms with Gasteiger partial charge in [-0.1, -0.05) is 109 Å². The van der Waals surface area contributed by atoms with Crippen molar-refractivity contribution < 1.29 is 0 Å². The van der Waals surface area contributed by atoms with Crippen LogP contribution in [0.25, 0.3) is 21.8 Å². The van der Waals surface area contributed by atoms with Gasteiger partial charge in [0.1, 0.15) is 21.5 Å². The number of nitrogens with zero attached hydrogens (tertiary/aromatic N) is 3. The molecule has 0 amide bonds. The van der Waals surface area contributed by atoms with Gasteiger partial charge in [0, 0.05) is 29.8 Å². The van der Waals surface area contributed by atoms with Crippen LogP contribution >= 0.6 is 11.3 Å². The lowest BCUT2D eigenvalue weighted by molar-refractivity contribution is 0.281. The lowest BCUT2D eigenvalue weighted by Gasteiger charge is -2.33. The zero-order valence-electron chi connectivity index (χ0n) is 19.2. The van der Waals surface area contributed by atoms with Crippen molar-refractivity contribution in [1.82, 2.24) is 9.88 Å². The first-order valence-electron chi connectivity index (χ1n) is 11.7. The van der Waals surface area contributed by atoms with E-state index in [1.54, 1.807) is 11.3 Å². The number of benzene rings is 3. The van der Waals surface area contributed by atoms with E-state index in [1.165, 1.54) is 24.0 Å². The van der Waals surface area contributed by atoms with Crippen LogP contribution in [0.4, 0.5) is 5.00 Å². The van der Waals surface area contributed by atoms with Gasteiger partial charge in [-0.2, -0.15) is 0 Å². The monoisotopic (exact) mass is 451 g/mol. The average Bonchev–Trinajstić information content (AvgIpc) is 3.29. The van der Waals surface area contributed by atoms with Crippen LogP contribution in [-0.4, -0.2) is 28.8 Å². The second-order valence-electron chi connectivity index (χ2n) is 8.88. The third kappa shape index (κ3) is 4.91. The topological polar surface area (TPSA) is 28.5 Å². The van der Waals surface area contributed by atoms with Crippen molar-refractivity contribution in [3.05, 3.63) is 96.1 Å². The van der Waals surface area contributed by atoms with E-state index in [2.05, 4.69) is 91.5 Å². The van der Waals surface area contributed by atoms with Crippen molar-refractivity contribution >= 4 is 22.2 Å². The van der Waals surface area contributed by atoms with Crippen LogP contribution in [0.5, 0.6) is 0 Å². The van der Waals surface area contributed by atoms with Gasteiger partial charge < -0.3 is 4.90 Å². The lowest BCUT2D eigenvalue weighted by atomic mass is 9.98. The van der Waals surface area contributed by atoms with E-state index in [0.29, 0.717) is 0 Å². The maximum absolute atomic E-state index is 5.33. The minimum absolute atomic E-state index is 0.772. The maximum Gasteiger partial charge on any atom is 0.146 e. The molecule has 5 rings (SSSR count). The van der Waals surface area contributed by atoms with Crippen molar-refractivity contribution in [2.75, 3.05) is 13.1 Å². The molecule has 4 heteroatoms. The van der Waals surface area contributed by atoms with Crippen LogP contribution in [0, 0.1) is 12.8 Å². The third-order valence-corrected chi connectivity index (χ3v) is 7.28.